The molecule has 37 heavy (non-hydrogen) atoms. The topological polar surface area (TPSA) is 88.4 Å². The molecule has 0 radical (unpaired) electrons. The third-order valence-corrected chi connectivity index (χ3v) is 6.71. The number of piperazine rings is 1. The molecule has 2 saturated heterocycles. The monoisotopic (exact) mass is 520 g/mol. The van der Waals surface area contributed by atoms with E-state index >= 15 is 0 Å². The molecule has 11 heteroatoms. The van der Waals surface area contributed by atoms with Gasteiger partial charge in [-0.15, -0.1) is 0 Å². The van der Waals surface area contributed by atoms with Crippen LogP contribution in [0.15, 0.2) is 36.4 Å². The van der Waals surface area contributed by atoms with Gasteiger partial charge in [-0.3, -0.25) is 19.8 Å². The zero-order valence-electron chi connectivity index (χ0n) is 20.2. The second kappa shape index (κ2) is 12.7. The number of benzene rings is 2. The van der Waals surface area contributed by atoms with Crippen LogP contribution in [0, 0.1) is 21.7 Å². The molecule has 0 bridgehead atoms. The van der Waals surface area contributed by atoms with Gasteiger partial charge in [-0.25, -0.2) is 8.78 Å². The number of piperidine rings is 1. The van der Waals surface area contributed by atoms with E-state index in [4.69, 9.17) is 9.47 Å². The van der Waals surface area contributed by atoms with Crippen LogP contribution in [0.5, 0.6) is 11.5 Å². The second-order valence-electron chi connectivity index (χ2n) is 8.96. The minimum Gasteiger partial charge on any atom is -0.490 e. The molecule has 2 heterocycles. The van der Waals surface area contributed by atoms with Gasteiger partial charge in [0.15, 0.2) is 0 Å². The fourth-order valence-corrected chi connectivity index (χ4v) is 4.66. The maximum Gasteiger partial charge on any atom is 0.311 e. The lowest BCUT2D eigenvalue weighted by atomic mass is 10.1. The summed E-state index contributed by atoms with van der Waals surface area (Å²) in [7, 11) is 1.38. The SMILES string of the molecule is C.COc1cc(OC2CCN(C(=O)CCN3CCN(c4ccc(F)cc4F)CC3)CC2)ccc1[N+](=O)[O-]. The standard InChI is InChI=1S/C25H30F2N4O5.CH4/c1-35-24-17-20(3-5-23(24)31(33)34)36-19-6-10-30(11-7-19)25(32)8-9-28-12-14-29(15-13-28)22-4-2-18(26)16-21(22)27;/h2-5,16-17,19H,6-15H2,1H3;1H4. The van der Waals surface area contributed by atoms with Crippen molar-refractivity contribution in [1.29, 1.82) is 0 Å². The molecule has 0 N–H and O–H groups in total. The van der Waals surface area contributed by atoms with E-state index in [1.807, 2.05) is 9.80 Å². The fraction of sp³-hybridized carbons (Fsp3) is 0.500. The predicted octanol–water partition coefficient (Wildman–Crippen LogP) is 4.10. The van der Waals surface area contributed by atoms with Crippen molar-refractivity contribution in [2.75, 3.05) is 57.8 Å². The highest BCUT2D eigenvalue weighted by molar-refractivity contribution is 5.76. The number of methoxy groups -OCH3 is 1. The van der Waals surface area contributed by atoms with Gasteiger partial charge in [0.1, 0.15) is 23.5 Å². The highest BCUT2D eigenvalue weighted by atomic mass is 19.1. The summed E-state index contributed by atoms with van der Waals surface area (Å²) in [5.74, 6) is -0.401. The summed E-state index contributed by atoms with van der Waals surface area (Å²) in [4.78, 5) is 29.2. The highest BCUT2D eigenvalue weighted by Crippen LogP contribution is 2.32. The number of nitrogens with zero attached hydrogens (tertiary/aromatic N) is 4. The summed E-state index contributed by atoms with van der Waals surface area (Å²) in [6, 6.07) is 8.07. The van der Waals surface area contributed by atoms with Crippen LogP contribution in [-0.4, -0.2) is 79.7 Å². The fourth-order valence-electron chi connectivity index (χ4n) is 4.66. The molecule has 202 valence electrons. The van der Waals surface area contributed by atoms with Crippen LogP contribution in [0.25, 0.3) is 0 Å². The first-order valence-corrected chi connectivity index (χ1v) is 12.0. The van der Waals surface area contributed by atoms with E-state index in [0.717, 1.165) is 6.07 Å². The van der Waals surface area contributed by atoms with Crippen molar-refractivity contribution in [3.8, 4) is 11.5 Å². The molecule has 0 spiro atoms. The summed E-state index contributed by atoms with van der Waals surface area (Å²) < 4.78 is 38.3. The van der Waals surface area contributed by atoms with E-state index in [0.29, 0.717) is 76.5 Å². The number of hydrogen-bond donors (Lipinski definition) is 0. The van der Waals surface area contributed by atoms with Gasteiger partial charge in [-0.1, -0.05) is 7.43 Å². The van der Waals surface area contributed by atoms with Crippen molar-refractivity contribution in [2.24, 2.45) is 0 Å². The van der Waals surface area contributed by atoms with E-state index in [1.165, 1.54) is 31.4 Å². The quantitative estimate of drug-likeness (QED) is 0.383. The highest BCUT2D eigenvalue weighted by Gasteiger charge is 2.26. The Morgan fingerprint density at radius 1 is 1.05 bits per heavy atom. The van der Waals surface area contributed by atoms with Crippen LogP contribution in [0.1, 0.15) is 26.7 Å². The lowest BCUT2D eigenvalue weighted by Crippen LogP contribution is -2.48. The minimum absolute atomic E-state index is 0. The van der Waals surface area contributed by atoms with Crippen molar-refractivity contribution < 1.29 is 28.0 Å². The Kier molecular flexibility index (Phi) is 9.62. The maximum absolute atomic E-state index is 14.0. The van der Waals surface area contributed by atoms with Gasteiger partial charge in [-0.2, -0.15) is 0 Å². The van der Waals surface area contributed by atoms with Crippen LogP contribution in [0.2, 0.25) is 0 Å². The number of amides is 1. The smallest absolute Gasteiger partial charge is 0.311 e. The number of carbonyl (C=O) groups is 1. The first kappa shape index (κ1) is 28.1. The molecule has 2 aliphatic rings. The molecule has 0 atom stereocenters. The first-order chi connectivity index (χ1) is 17.3. The summed E-state index contributed by atoms with van der Waals surface area (Å²) in [6.07, 6.45) is 1.68. The average Bonchev–Trinajstić information content (AvgIpc) is 2.88. The van der Waals surface area contributed by atoms with E-state index in [-0.39, 0.29) is 30.9 Å². The normalized spacial score (nSPS) is 16.7. The van der Waals surface area contributed by atoms with E-state index in [1.54, 1.807) is 6.07 Å². The number of anilines is 1. The van der Waals surface area contributed by atoms with E-state index in [9.17, 15) is 23.7 Å². The largest absolute Gasteiger partial charge is 0.490 e. The molecular weight excluding hydrogens is 486 g/mol. The van der Waals surface area contributed by atoms with Gasteiger partial charge in [0.25, 0.3) is 0 Å². The molecule has 2 aromatic carbocycles. The molecule has 2 aromatic rings. The number of nitro groups is 1. The Hall–Kier alpha value is -3.47. The van der Waals surface area contributed by atoms with Crippen molar-refractivity contribution >= 4 is 17.3 Å². The summed E-state index contributed by atoms with van der Waals surface area (Å²) in [5, 5.41) is 11.0. The second-order valence-corrected chi connectivity index (χ2v) is 8.96. The summed E-state index contributed by atoms with van der Waals surface area (Å²) >= 11 is 0. The number of hydrogen-bond acceptors (Lipinski definition) is 7. The first-order valence-electron chi connectivity index (χ1n) is 12.0. The molecule has 2 aliphatic heterocycles. The molecular formula is C26H34F2N4O5. The maximum atomic E-state index is 14.0. The van der Waals surface area contributed by atoms with Gasteiger partial charge in [-0.05, 0) is 18.2 Å². The number of rotatable bonds is 8. The zero-order valence-corrected chi connectivity index (χ0v) is 20.2. The lowest BCUT2D eigenvalue weighted by Gasteiger charge is -2.37. The number of halogens is 2. The van der Waals surface area contributed by atoms with Gasteiger partial charge in [0.05, 0.1) is 17.7 Å². The van der Waals surface area contributed by atoms with Crippen LogP contribution in [0.3, 0.4) is 0 Å². The van der Waals surface area contributed by atoms with E-state index in [2.05, 4.69) is 4.90 Å². The van der Waals surface area contributed by atoms with Gasteiger partial charge in [0.2, 0.25) is 11.7 Å². The molecule has 9 nitrogen and oxygen atoms in total. The van der Waals surface area contributed by atoms with Crippen LogP contribution in [-0.2, 0) is 4.79 Å². The molecule has 2 fully saturated rings. The third-order valence-electron chi connectivity index (χ3n) is 6.71. The van der Waals surface area contributed by atoms with Gasteiger partial charge in [0, 0.05) is 83.3 Å². The number of carbonyl (C=O) groups excluding carboxylic acids is 1. The van der Waals surface area contributed by atoms with Crippen LogP contribution < -0.4 is 14.4 Å². The summed E-state index contributed by atoms with van der Waals surface area (Å²) in [5.41, 5.74) is 0.290. The van der Waals surface area contributed by atoms with Crippen molar-refractivity contribution in [3.63, 3.8) is 0 Å². The number of likely N-dealkylation sites (tertiary alicyclic amines) is 1. The minimum atomic E-state index is -0.587. The third kappa shape index (κ3) is 7.06. The lowest BCUT2D eigenvalue weighted by molar-refractivity contribution is -0.385. The predicted molar refractivity (Wildman–Crippen MR) is 136 cm³/mol. The van der Waals surface area contributed by atoms with E-state index < -0.39 is 16.6 Å². The molecule has 0 aromatic heterocycles. The van der Waals surface area contributed by atoms with Crippen molar-refractivity contribution in [3.05, 3.63) is 58.1 Å². The van der Waals surface area contributed by atoms with Gasteiger partial charge >= 0.3 is 5.69 Å². The average molecular weight is 521 g/mol. The van der Waals surface area contributed by atoms with Crippen molar-refractivity contribution in [2.45, 2.75) is 32.8 Å². The number of ether oxygens (including phenoxy) is 2. The molecule has 4 rings (SSSR count). The van der Waals surface area contributed by atoms with Crippen LogP contribution >= 0.6 is 0 Å². The van der Waals surface area contributed by atoms with Crippen LogP contribution in [0.4, 0.5) is 20.2 Å². The van der Waals surface area contributed by atoms with Crippen molar-refractivity contribution in [1.82, 2.24) is 9.80 Å². The Labute approximate surface area is 215 Å². The molecule has 1 amide bonds. The number of nitro benzene ring substituents is 1. The zero-order chi connectivity index (χ0) is 25.7. The Bertz CT molecular complexity index is 1090. The van der Waals surface area contributed by atoms with Gasteiger partial charge < -0.3 is 19.3 Å². The molecule has 0 saturated carbocycles. The molecule has 0 unspecified atom stereocenters. The summed E-state index contributed by atoms with van der Waals surface area (Å²) in [6.45, 7) is 4.46. The molecule has 0 aliphatic carbocycles. The Morgan fingerprint density at radius 2 is 1.76 bits per heavy atom. The Balaban J connectivity index is 0.00000380. The Morgan fingerprint density at radius 3 is 2.38 bits per heavy atom.